The second-order valence-electron chi connectivity index (χ2n) is 10.6. The molecule has 0 amide bonds. The van der Waals surface area contributed by atoms with Gasteiger partial charge >= 0.3 is 5.97 Å². The molecule has 1 aliphatic heterocycles. The number of hydrogen-bond donors (Lipinski definition) is 1. The van der Waals surface area contributed by atoms with Gasteiger partial charge in [0, 0.05) is 34.2 Å². The van der Waals surface area contributed by atoms with Crippen LogP contribution in [0.5, 0.6) is 11.5 Å². The lowest BCUT2D eigenvalue weighted by Crippen LogP contribution is -2.37. The fourth-order valence-electron chi connectivity index (χ4n) is 6.18. The Morgan fingerprint density at radius 1 is 0.923 bits per heavy atom. The molecule has 2 aliphatic carbocycles. The third-order valence-corrected chi connectivity index (χ3v) is 8.95. The third kappa shape index (κ3) is 5.60. The van der Waals surface area contributed by atoms with Gasteiger partial charge in [0.05, 0.1) is 19.8 Å². The second kappa shape index (κ2) is 11.9. The van der Waals surface area contributed by atoms with Gasteiger partial charge in [0.15, 0.2) is 17.3 Å². The minimum atomic E-state index is -0.452. The molecule has 2 aromatic rings. The number of carbonyl (C=O) groups excluding carboxylic acids is 2. The first kappa shape index (κ1) is 27.4. The Labute approximate surface area is 235 Å². The van der Waals surface area contributed by atoms with Crippen molar-refractivity contribution in [2.24, 2.45) is 0 Å². The number of dihydropyridines is 1. The van der Waals surface area contributed by atoms with Crippen molar-refractivity contribution in [3.05, 3.63) is 76.1 Å². The van der Waals surface area contributed by atoms with Crippen LogP contribution in [-0.4, -0.2) is 38.3 Å². The molecule has 0 saturated heterocycles. The predicted octanol–water partition coefficient (Wildman–Crippen LogP) is 6.66. The summed E-state index contributed by atoms with van der Waals surface area (Å²) in [5.41, 5.74) is 4.85. The summed E-state index contributed by atoms with van der Waals surface area (Å²) in [6, 6.07) is 14.0. The maximum atomic E-state index is 13.9. The van der Waals surface area contributed by atoms with Crippen molar-refractivity contribution in [1.82, 2.24) is 5.32 Å². The molecule has 1 N–H and O–H groups in total. The van der Waals surface area contributed by atoms with Crippen molar-refractivity contribution in [3.8, 4) is 11.5 Å². The fraction of sp³-hybridized carbons (Fsp3) is 0.438. The summed E-state index contributed by atoms with van der Waals surface area (Å²) in [5.74, 6) is 0.589. The van der Waals surface area contributed by atoms with E-state index in [2.05, 4.69) is 17.4 Å². The molecular weight excluding hydrogens is 510 g/mol. The lowest BCUT2D eigenvalue weighted by Gasteiger charge is -2.37. The summed E-state index contributed by atoms with van der Waals surface area (Å²) in [7, 11) is 3.23. The van der Waals surface area contributed by atoms with Gasteiger partial charge in [0.2, 0.25) is 0 Å². The Morgan fingerprint density at radius 2 is 1.62 bits per heavy atom. The monoisotopic (exact) mass is 547 g/mol. The van der Waals surface area contributed by atoms with Crippen LogP contribution >= 0.6 is 11.8 Å². The van der Waals surface area contributed by atoms with E-state index in [1.807, 2.05) is 43.5 Å². The maximum Gasteiger partial charge on any atom is 0.337 e. The zero-order valence-electron chi connectivity index (χ0n) is 23.2. The van der Waals surface area contributed by atoms with E-state index in [1.165, 1.54) is 6.42 Å². The van der Waals surface area contributed by atoms with E-state index in [0.717, 1.165) is 53.1 Å². The first-order chi connectivity index (χ1) is 18.9. The van der Waals surface area contributed by atoms with Crippen molar-refractivity contribution >= 4 is 23.5 Å². The minimum absolute atomic E-state index is 0.00776. The van der Waals surface area contributed by atoms with Crippen molar-refractivity contribution in [1.29, 1.82) is 0 Å². The minimum Gasteiger partial charge on any atom is -0.493 e. The number of Topliss-reactive ketones (excluding diaryl/α,β-unsaturated/α-hetero) is 1. The maximum absolute atomic E-state index is 13.9. The van der Waals surface area contributed by atoms with Crippen LogP contribution in [0.1, 0.15) is 74.8 Å². The van der Waals surface area contributed by atoms with E-state index in [4.69, 9.17) is 14.2 Å². The first-order valence-corrected chi connectivity index (χ1v) is 15.0. The summed E-state index contributed by atoms with van der Waals surface area (Å²) in [4.78, 5) is 28.8. The summed E-state index contributed by atoms with van der Waals surface area (Å²) in [6.45, 7) is 1.93. The molecule has 0 aromatic heterocycles. The molecule has 1 fully saturated rings. The van der Waals surface area contributed by atoms with Gasteiger partial charge in [-0.25, -0.2) is 4.79 Å². The number of hydrogen-bond acceptors (Lipinski definition) is 7. The van der Waals surface area contributed by atoms with Gasteiger partial charge in [-0.1, -0.05) is 24.6 Å². The summed E-state index contributed by atoms with van der Waals surface area (Å²) >= 11 is 1.67. The molecule has 0 spiro atoms. The Hall–Kier alpha value is -3.19. The number of methoxy groups -OCH3 is 2. The van der Waals surface area contributed by atoms with Crippen molar-refractivity contribution in [2.45, 2.75) is 74.7 Å². The van der Waals surface area contributed by atoms with Crippen LogP contribution in [0, 0.1) is 0 Å². The Kier molecular flexibility index (Phi) is 8.36. The molecular formula is C32H37NO5S. The predicted molar refractivity (Wildman–Crippen MR) is 153 cm³/mol. The largest absolute Gasteiger partial charge is 0.493 e. The number of esters is 1. The van der Waals surface area contributed by atoms with Crippen LogP contribution < -0.4 is 14.8 Å². The van der Waals surface area contributed by atoms with Crippen LogP contribution in [-0.2, 0) is 14.3 Å². The smallest absolute Gasteiger partial charge is 0.337 e. The molecule has 0 radical (unpaired) electrons. The molecule has 1 saturated carbocycles. The fourth-order valence-corrected chi connectivity index (χ4v) is 6.59. The molecule has 206 valence electrons. The highest BCUT2D eigenvalue weighted by molar-refractivity contribution is 7.98. The number of carbonyl (C=O) groups is 2. The Bertz CT molecular complexity index is 1310. The number of benzene rings is 2. The van der Waals surface area contributed by atoms with Gasteiger partial charge in [-0.05, 0) is 86.6 Å². The molecule has 5 rings (SSSR count). The zero-order chi connectivity index (χ0) is 27.5. The Morgan fingerprint density at radius 3 is 2.28 bits per heavy atom. The number of thioether (sulfide) groups is 1. The highest BCUT2D eigenvalue weighted by Gasteiger charge is 2.42. The van der Waals surface area contributed by atoms with Crippen molar-refractivity contribution < 1.29 is 23.8 Å². The lowest BCUT2D eigenvalue weighted by molar-refractivity contribution is -0.146. The van der Waals surface area contributed by atoms with E-state index < -0.39 is 5.92 Å². The van der Waals surface area contributed by atoms with Gasteiger partial charge < -0.3 is 19.5 Å². The van der Waals surface area contributed by atoms with E-state index in [0.29, 0.717) is 35.5 Å². The van der Waals surface area contributed by atoms with E-state index in [-0.39, 0.29) is 23.8 Å². The number of rotatable bonds is 7. The molecule has 1 heterocycles. The van der Waals surface area contributed by atoms with Crippen LogP contribution in [0.3, 0.4) is 0 Å². The molecule has 0 unspecified atom stereocenters. The lowest BCUT2D eigenvalue weighted by atomic mass is 9.71. The molecule has 39 heavy (non-hydrogen) atoms. The van der Waals surface area contributed by atoms with Crippen LogP contribution in [0.2, 0.25) is 0 Å². The van der Waals surface area contributed by atoms with Gasteiger partial charge in [0.1, 0.15) is 6.10 Å². The highest BCUT2D eigenvalue weighted by Crippen LogP contribution is 2.47. The van der Waals surface area contributed by atoms with Crippen LogP contribution in [0.4, 0.5) is 0 Å². The average molecular weight is 548 g/mol. The molecule has 3 aliphatic rings. The van der Waals surface area contributed by atoms with Gasteiger partial charge in [0.25, 0.3) is 0 Å². The van der Waals surface area contributed by atoms with Crippen LogP contribution in [0.25, 0.3) is 0 Å². The average Bonchev–Trinajstić information content (AvgIpc) is 2.96. The van der Waals surface area contributed by atoms with Gasteiger partial charge in [-0.2, -0.15) is 0 Å². The zero-order valence-corrected chi connectivity index (χ0v) is 24.0. The van der Waals surface area contributed by atoms with Crippen molar-refractivity contribution in [2.75, 3.05) is 20.5 Å². The third-order valence-electron chi connectivity index (χ3n) is 8.20. The number of nitrogens with one attached hydrogen (secondary N) is 1. The van der Waals surface area contributed by atoms with E-state index in [1.54, 1.807) is 26.0 Å². The number of allylic oxidation sites excluding steroid dienone is 3. The topological polar surface area (TPSA) is 73.9 Å². The molecule has 7 heteroatoms. The second-order valence-corrected chi connectivity index (χ2v) is 11.4. The molecule has 2 aromatic carbocycles. The molecule has 0 bridgehead atoms. The molecule has 2 atom stereocenters. The Balaban J connectivity index is 1.51. The number of ether oxygens (including phenoxy) is 3. The van der Waals surface area contributed by atoms with E-state index in [9.17, 15) is 9.59 Å². The van der Waals surface area contributed by atoms with E-state index >= 15 is 0 Å². The van der Waals surface area contributed by atoms with Crippen molar-refractivity contribution in [3.63, 3.8) is 0 Å². The van der Waals surface area contributed by atoms with Crippen LogP contribution in [0.15, 0.2) is 69.9 Å². The normalized spacial score (nSPS) is 21.8. The van der Waals surface area contributed by atoms with Gasteiger partial charge in [-0.15, -0.1) is 11.8 Å². The summed E-state index contributed by atoms with van der Waals surface area (Å²) < 4.78 is 17.0. The SMILES string of the molecule is COc1ccc([C@@H]2CC(=O)C3=C(C2)NC(C)=C(C(=O)OC2CCCCC2)[C@@H]3c2ccc(SC)cc2)cc1OC. The summed E-state index contributed by atoms with van der Waals surface area (Å²) in [5, 5.41) is 3.47. The first-order valence-electron chi connectivity index (χ1n) is 13.7. The quantitative estimate of drug-likeness (QED) is 0.307. The molecule has 6 nitrogen and oxygen atoms in total. The standard InChI is InChI=1S/C32H37NO5S/c1-19-29(32(35)38-23-8-6-5-7-9-23)30(20-10-13-24(39-4)14-11-20)31-25(33-19)16-22(17-26(31)34)21-12-15-27(36-2)28(18-21)37-3/h10-15,18,22-23,30,33H,5-9,16-17H2,1-4H3/t22-,30-/m0/s1. The van der Waals surface area contributed by atoms with Gasteiger partial charge in [-0.3, -0.25) is 4.79 Å². The summed E-state index contributed by atoms with van der Waals surface area (Å²) in [6.07, 6.45) is 8.16. The highest BCUT2D eigenvalue weighted by atomic mass is 32.2. The number of ketones is 1.